The molecule has 0 saturated heterocycles. The van der Waals surface area contributed by atoms with Gasteiger partial charge in [0.05, 0.1) is 18.5 Å². The zero-order valence-corrected chi connectivity index (χ0v) is 19.3. The van der Waals surface area contributed by atoms with Crippen LogP contribution < -0.4 is 4.74 Å². The number of benzene rings is 3. The van der Waals surface area contributed by atoms with Gasteiger partial charge in [0.1, 0.15) is 18.2 Å². The summed E-state index contributed by atoms with van der Waals surface area (Å²) in [7, 11) is 1.65. The summed E-state index contributed by atoms with van der Waals surface area (Å²) >= 11 is 0. The molecule has 0 aliphatic carbocycles. The number of ether oxygens (including phenoxy) is 1. The molecular formula is C28H27FN2O2. The number of hydrogen-bond donors (Lipinski definition) is 0. The van der Waals surface area contributed by atoms with Gasteiger partial charge < -0.3 is 14.1 Å². The van der Waals surface area contributed by atoms with E-state index >= 15 is 0 Å². The largest absolute Gasteiger partial charge is 0.497 e. The summed E-state index contributed by atoms with van der Waals surface area (Å²) < 4.78 is 21.0. The fourth-order valence-electron chi connectivity index (χ4n) is 3.81. The summed E-state index contributed by atoms with van der Waals surface area (Å²) in [6.45, 7) is 6.44. The van der Waals surface area contributed by atoms with Crippen LogP contribution in [0.2, 0.25) is 0 Å². The molecule has 4 aromatic rings. The number of aryl methyl sites for hydroxylation is 1. The Hall–Kier alpha value is -3.86. The van der Waals surface area contributed by atoms with Crippen molar-refractivity contribution in [3.8, 4) is 22.7 Å². The minimum Gasteiger partial charge on any atom is -0.497 e. The van der Waals surface area contributed by atoms with E-state index in [4.69, 9.17) is 9.57 Å². The highest BCUT2D eigenvalue weighted by molar-refractivity contribution is 6.01. The molecule has 4 rings (SSSR count). The molecule has 0 amide bonds. The van der Waals surface area contributed by atoms with Crippen LogP contribution in [-0.4, -0.2) is 17.4 Å². The Bertz CT molecular complexity index is 1260. The van der Waals surface area contributed by atoms with Crippen molar-refractivity contribution in [3.05, 3.63) is 107 Å². The van der Waals surface area contributed by atoms with Gasteiger partial charge in [0.15, 0.2) is 0 Å². The molecule has 1 aromatic heterocycles. The Morgan fingerprint density at radius 1 is 0.909 bits per heavy atom. The van der Waals surface area contributed by atoms with Crippen molar-refractivity contribution in [1.29, 1.82) is 0 Å². The molecule has 0 unspecified atom stereocenters. The number of rotatable bonds is 7. The lowest BCUT2D eigenvalue weighted by atomic mass is 10.1. The van der Waals surface area contributed by atoms with Crippen LogP contribution in [0.4, 0.5) is 4.39 Å². The molecule has 0 spiro atoms. The summed E-state index contributed by atoms with van der Waals surface area (Å²) in [6.07, 6.45) is 0. The molecule has 168 valence electrons. The van der Waals surface area contributed by atoms with E-state index in [-0.39, 0.29) is 5.82 Å². The van der Waals surface area contributed by atoms with Crippen LogP contribution in [0.3, 0.4) is 0 Å². The van der Waals surface area contributed by atoms with Gasteiger partial charge in [-0.2, -0.15) is 0 Å². The highest BCUT2D eigenvalue weighted by atomic mass is 19.1. The van der Waals surface area contributed by atoms with Crippen LogP contribution in [0.5, 0.6) is 5.75 Å². The Labute approximate surface area is 193 Å². The van der Waals surface area contributed by atoms with Gasteiger partial charge in [0, 0.05) is 16.9 Å². The van der Waals surface area contributed by atoms with Crippen molar-refractivity contribution in [2.24, 2.45) is 5.16 Å². The van der Waals surface area contributed by atoms with Crippen molar-refractivity contribution < 1.29 is 14.0 Å². The molecule has 5 heteroatoms. The molecule has 0 aliphatic rings. The molecule has 0 aliphatic heterocycles. The van der Waals surface area contributed by atoms with E-state index in [0.29, 0.717) is 6.61 Å². The fraction of sp³-hybridized carbons (Fsp3) is 0.179. The molecular weight excluding hydrogens is 415 g/mol. The van der Waals surface area contributed by atoms with Gasteiger partial charge in [-0.15, -0.1) is 0 Å². The van der Waals surface area contributed by atoms with Gasteiger partial charge in [-0.1, -0.05) is 35.0 Å². The summed E-state index contributed by atoms with van der Waals surface area (Å²) in [5.41, 5.74) is 7.87. The number of aromatic nitrogens is 1. The second-order valence-corrected chi connectivity index (χ2v) is 8.00. The predicted molar refractivity (Wildman–Crippen MR) is 131 cm³/mol. The molecule has 0 fully saturated rings. The highest BCUT2D eigenvalue weighted by Gasteiger charge is 2.17. The minimum absolute atomic E-state index is 0.263. The van der Waals surface area contributed by atoms with E-state index in [2.05, 4.69) is 34.8 Å². The lowest BCUT2D eigenvalue weighted by Crippen LogP contribution is -2.02. The van der Waals surface area contributed by atoms with Crippen LogP contribution in [0.1, 0.15) is 29.3 Å². The van der Waals surface area contributed by atoms with Crippen molar-refractivity contribution in [2.75, 3.05) is 7.11 Å². The third-order valence-corrected chi connectivity index (χ3v) is 5.66. The normalized spacial score (nSPS) is 11.5. The molecule has 0 N–H and O–H groups in total. The average Bonchev–Trinajstić information content (AvgIpc) is 3.18. The summed E-state index contributed by atoms with van der Waals surface area (Å²) in [4.78, 5) is 5.65. The van der Waals surface area contributed by atoms with Crippen molar-refractivity contribution >= 4 is 5.71 Å². The first-order chi connectivity index (χ1) is 16.0. The van der Waals surface area contributed by atoms with E-state index in [1.807, 2.05) is 50.2 Å². The van der Waals surface area contributed by atoms with Gasteiger partial charge in [-0.3, -0.25) is 0 Å². The van der Waals surface area contributed by atoms with Gasteiger partial charge in [-0.05, 0) is 86.5 Å². The number of hydrogen-bond acceptors (Lipinski definition) is 3. The number of oxime groups is 1. The summed E-state index contributed by atoms with van der Waals surface area (Å²) in [6, 6.07) is 24.6. The van der Waals surface area contributed by atoms with Gasteiger partial charge >= 0.3 is 0 Å². The lowest BCUT2D eigenvalue weighted by Gasteiger charge is -2.13. The van der Waals surface area contributed by atoms with Crippen LogP contribution in [0.15, 0.2) is 84.0 Å². The monoisotopic (exact) mass is 442 g/mol. The smallest absolute Gasteiger partial charge is 0.142 e. The third-order valence-electron chi connectivity index (χ3n) is 5.66. The number of nitrogens with zero attached hydrogens (tertiary/aromatic N) is 2. The lowest BCUT2D eigenvalue weighted by molar-refractivity contribution is 0.130. The van der Waals surface area contributed by atoms with E-state index < -0.39 is 0 Å². The fourth-order valence-corrected chi connectivity index (χ4v) is 3.81. The highest BCUT2D eigenvalue weighted by Crippen LogP contribution is 2.31. The quantitative estimate of drug-likeness (QED) is 0.232. The van der Waals surface area contributed by atoms with Gasteiger partial charge in [-0.25, -0.2) is 4.39 Å². The maximum Gasteiger partial charge on any atom is 0.142 e. The molecule has 1 heterocycles. The zero-order valence-electron chi connectivity index (χ0n) is 19.3. The first-order valence-electron chi connectivity index (χ1n) is 10.8. The second-order valence-electron chi connectivity index (χ2n) is 8.00. The predicted octanol–water partition coefficient (Wildman–Crippen LogP) is 6.85. The van der Waals surface area contributed by atoms with Gasteiger partial charge in [0.25, 0.3) is 0 Å². The minimum atomic E-state index is -0.263. The van der Waals surface area contributed by atoms with Crippen molar-refractivity contribution in [3.63, 3.8) is 0 Å². The number of methoxy groups -OCH3 is 1. The Kier molecular flexibility index (Phi) is 6.59. The summed E-state index contributed by atoms with van der Waals surface area (Å²) in [5, 5.41) is 4.38. The van der Waals surface area contributed by atoms with Crippen molar-refractivity contribution in [1.82, 2.24) is 4.57 Å². The van der Waals surface area contributed by atoms with Crippen LogP contribution in [0, 0.1) is 19.7 Å². The van der Waals surface area contributed by atoms with Crippen LogP contribution in [-0.2, 0) is 11.4 Å². The van der Waals surface area contributed by atoms with E-state index in [9.17, 15) is 4.39 Å². The SMILES string of the molecule is COc1ccc(-n2c(-c3ccc(F)cc3)cc(/C(C)=N/OCc3ccc(C)cc3)c2C)cc1. The second kappa shape index (κ2) is 9.74. The molecule has 3 aromatic carbocycles. The molecule has 0 bridgehead atoms. The first kappa shape index (κ1) is 22.3. The Morgan fingerprint density at radius 2 is 1.58 bits per heavy atom. The van der Waals surface area contributed by atoms with E-state index in [1.54, 1.807) is 19.2 Å². The van der Waals surface area contributed by atoms with E-state index in [1.165, 1.54) is 17.7 Å². The topological polar surface area (TPSA) is 35.8 Å². The van der Waals surface area contributed by atoms with Gasteiger partial charge in [0.2, 0.25) is 0 Å². The Balaban J connectivity index is 1.70. The van der Waals surface area contributed by atoms with Crippen LogP contribution >= 0.6 is 0 Å². The Morgan fingerprint density at radius 3 is 2.21 bits per heavy atom. The number of halogens is 1. The molecule has 4 nitrogen and oxygen atoms in total. The third kappa shape index (κ3) is 4.98. The molecule has 0 atom stereocenters. The standard InChI is InChI=1S/C28H27FN2O2/c1-19-5-7-22(8-6-19)18-33-30-20(2)27-17-28(23-9-11-24(29)12-10-23)31(21(27)3)25-13-15-26(32-4)16-14-25/h5-17H,18H2,1-4H3/b30-20+. The van der Waals surface area contributed by atoms with Crippen molar-refractivity contribution in [2.45, 2.75) is 27.4 Å². The van der Waals surface area contributed by atoms with Crippen LogP contribution in [0.25, 0.3) is 16.9 Å². The zero-order chi connectivity index (χ0) is 23.4. The maximum absolute atomic E-state index is 13.6. The molecule has 0 radical (unpaired) electrons. The first-order valence-corrected chi connectivity index (χ1v) is 10.8. The molecule has 0 saturated carbocycles. The average molecular weight is 443 g/mol. The molecule has 33 heavy (non-hydrogen) atoms. The summed E-state index contributed by atoms with van der Waals surface area (Å²) in [5.74, 6) is 0.523. The maximum atomic E-state index is 13.6. The van der Waals surface area contributed by atoms with E-state index in [0.717, 1.165) is 45.2 Å².